The molecule has 0 atom stereocenters. The molecule has 115 heavy (non-hydrogen) atoms. The Balaban J connectivity index is 0.785. The zero-order valence-electron chi connectivity index (χ0n) is 61.4. The Morgan fingerprint density at radius 1 is 0.217 bits per heavy atom. The maximum Gasteiger partial charge on any atom is 0.256 e. The van der Waals surface area contributed by atoms with Crippen molar-refractivity contribution in [2.75, 3.05) is 24.5 Å². The van der Waals surface area contributed by atoms with Crippen LogP contribution in [0.4, 0.5) is 85.3 Å². The van der Waals surface area contributed by atoms with Gasteiger partial charge in [-0.1, -0.05) is 206 Å². The highest BCUT2D eigenvalue weighted by atomic mass is 32.1. The molecule has 13 heteroatoms. The normalized spacial score (nSPS) is 13.2. The molecule has 26 rings (SSSR count). The number of ether oxygens (including phenoxy) is 1. The summed E-state index contributed by atoms with van der Waals surface area (Å²) in [7, 11) is 0. The molecule has 9 heterocycles. The van der Waals surface area contributed by atoms with Crippen LogP contribution in [0.3, 0.4) is 0 Å². The first kappa shape index (κ1) is 64.3. The van der Waals surface area contributed by atoms with Crippen LogP contribution in [0.25, 0.3) is 101 Å². The predicted octanol–water partition coefficient (Wildman–Crippen LogP) is 27.0. The van der Waals surface area contributed by atoms with Gasteiger partial charge in [0.15, 0.2) is 0 Å². The average molecular weight is 1550 g/mol. The van der Waals surface area contributed by atoms with E-state index in [1.54, 1.807) is 0 Å². The molecule has 0 unspecified atom stereocenters. The minimum absolute atomic E-state index is 0.269. The SMILES string of the molecule is c1ccc(N(c2cc3c4c(c2)N(c2cccc5sc6ccccc6c25)c2cc5c(cc2B4c2ccccc2N3c2cccc3sc4ccccc4c23)B2c3ccccc3N(c3cccc4sc6ccccc6c34)c3cc(N(c4ccccc4)c4cccc6sc7ccccc7c46)cc(c32)O5)c2cccc3c2sc2ccccc23)cc1. The lowest BCUT2D eigenvalue weighted by Crippen LogP contribution is -2.64. The van der Waals surface area contributed by atoms with E-state index in [0.717, 1.165) is 108 Å². The number of rotatable bonds is 9. The lowest BCUT2D eigenvalue weighted by atomic mass is 9.30. The molecule has 0 fully saturated rings. The molecule has 0 spiro atoms. The summed E-state index contributed by atoms with van der Waals surface area (Å²) >= 11 is 9.33. The van der Waals surface area contributed by atoms with Crippen LogP contribution >= 0.6 is 56.7 Å². The van der Waals surface area contributed by atoms with Gasteiger partial charge in [0.2, 0.25) is 0 Å². The van der Waals surface area contributed by atoms with E-state index in [9.17, 15) is 0 Å². The third-order valence-electron chi connectivity index (χ3n) is 24.4. The fourth-order valence-electron chi connectivity index (χ4n) is 19.8. The Kier molecular flexibility index (Phi) is 13.8. The van der Waals surface area contributed by atoms with Crippen molar-refractivity contribution in [3.63, 3.8) is 0 Å². The maximum atomic E-state index is 8.23. The summed E-state index contributed by atoms with van der Waals surface area (Å²) in [6.45, 7) is -0.542. The zero-order valence-corrected chi connectivity index (χ0v) is 65.5. The topological polar surface area (TPSA) is 25.4 Å². The Hall–Kier alpha value is -13.2. The van der Waals surface area contributed by atoms with E-state index >= 15 is 0 Å². The highest BCUT2D eigenvalue weighted by Crippen LogP contribution is 2.57. The van der Waals surface area contributed by atoms with E-state index in [1.165, 1.54) is 123 Å². The Bertz CT molecular complexity index is 7940. The van der Waals surface area contributed by atoms with Crippen LogP contribution in [-0.4, -0.2) is 13.4 Å². The second-order valence-electron chi connectivity index (χ2n) is 30.4. The van der Waals surface area contributed by atoms with Crippen LogP contribution in [0.2, 0.25) is 0 Å². The summed E-state index contributed by atoms with van der Waals surface area (Å²) in [5.41, 5.74) is 23.5. The van der Waals surface area contributed by atoms with Gasteiger partial charge in [0, 0.05) is 154 Å². The first-order chi connectivity index (χ1) is 57.1. The Labute approximate surface area is 682 Å². The molecule has 17 aromatic carbocycles. The van der Waals surface area contributed by atoms with Crippen molar-refractivity contribution < 1.29 is 4.74 Å². The van der Waals surface area contributed by atoms with Crippen LogP contribution in [-0.2, 0) is 0 Å². The van der Waals surface area contributed by atoms with Crippen LogP contribution in [0.1, 0.15) is 0 Å². The Morgan fingerprint density at radius 2 is 0.583 bits per heavy atom. The van der Waals surface area contributed by atoms with Crippen molar-refractivity contribution >= 4 is 289 Å². The van der Waals surface area contributed by atoms with Gasteiger partial charge in [-0.25, -0.2) is 0 Å². The zero-order chi connectivity index (χ0) is 74.8. The minimum Gasteiger partial charge on any atom is -0.458 e. The lowest BCUT2D eigenvalue weighted by Gasteiger charge is -2.46. The van der Waals surface area contributed by atoms with E-state index in [-0.39, 0.29) is 13.4 Å². The number of thiophene rings is 5. The van der Waals surface area contributed by atoms with Gasteiger partial charge in [0.1, 0.15) is 11.5 Å². The van der Waals surface area contributed by atoms with Crippen molar-refractivity contribution in [2.24, 2.45) is 0 Å². The van der Waals surface area contributed by atoms with Crippen LogP contribution in [0.5, 0.6) is 11.5 Å². The first-order valence-electron chi connectivity index (χ1n) is 39.1. The van der Waals surface area contributed by atoms with Crippen molar-refractivity contribution in [2.45, 2.75) is 0 Å². The number of hydrogen-bond acceptors (Lipinski definition) is 11. The number of para-hydroxylation sites is 4. The molecular weight excluding hydrogens is 1490 g/mol. The standard InChI is InChI=1S/C102H59B2N5OS5/c1-3-26-60(27-4-1)105(76-40-22-50-92-96(76)66-31-8-17-46-88(66)111-92)63-56-84-101-86(57-63)110-85-59-81-72(58-73(85)104(101)71-37-13-15-39-75(71)108(84)78-42-24-52-94-98(78)68-33-10-19-48-90(68)113-94)103-70-36-12-14-38-74(70)107(77-41-23-51-93-97(77)67-32-9-18-47-89(67)112-93)82-54-62(55-83(100(82)103)109(81)79-43-25-53-95-99(79)69-34-11-20-49-91(69)114-95)106(61-28-5-2-6-29-61)80-44-21-35-65-64-30-7-16-45-87(64)115-102(65)80/h1-59H. The average Bonchev–Trinajstić information content (AvgIpc) is 1.57. The quantitative estimate of drug-likeness (QED) is 0.134. The smallest absolute Gasteiger partial charge is 0.256 e. The van der Waals surface area contributed by atoms with Crippen molar-refractivity contribution in [3.05, 3.63) is 358 Å². The van der Waals surface area contributed by atoms with Crippen LogP contribution in [0.15, 0.2) is 358 Å². The van der Waals surface area contributed by atoms with Crippen LogP contribution < -0.4 is 62.0 Å². The van der Waals surface area contributed by atoms with E-state index in [2.05, 4.69) is 382 Å². The summed E-state index contributed by atoms with van der Waals surface area (Å²) < 4.78 is 20.7. The monoisotopic (exact) mass is 1550 g/mol. The molecule has 5 aromatic heterocycles. The van der Waals surface area contributed by atoms with E-state index in [4.69, 9.17) is 4.74 Å². The van der Waals surface area contributed by atoms with Gasteiger partial charge >= 0.3 is 0 Å². The molecular formula is C102H59B2N5OS5. The van der Waals surface area contributed by atoms with Crippen molar-refractivity contribution in [1.29, 1.82) is 0 Å². The summed E-state index contributed by atoms with van der Waals surface area (Å²) in [6.07, 6.45) is 0. The second-order valence-corrected chi connectivity index (χ2v) is 35.8. The van der Waals surface area contributed by atoms with Crippen molar-refractivity contribution in [3.8, 4) is 11.5 Å². The number of hydrogen-bond donors (Lipinski definition) is 0. The van der Waals surface area contributed by atoms with E-state index in [0.29, 0.717) is 0 Å². The molecule has 0 saturated heterocycles. The minimum atomic E-state index is -0.273. The molecule has 0 radical (unpaired) electrons. The van der Waals surface area contributed by atoms with Crippen LogP contribution in [0, 0.1) is 0 Å². The van der Waals surface area contributed by atoms with Gasteiger partial charge in [-0.05, 0) is 172 Å². The largest absolute Gasteiger partial charge is 0.458 e. The molecule has 6 nitrogen and oxygen atoms in total. The number of anilines is 15. The molecule has 0 aliphatic carbocycles. The van der Waals surface area contributed by atoms with Gasteiger partial charge in [-0.3, -0.25) is 0 Å². The van der Waals surface area contributed by atoms with E-state index < -0.39 is 0 Å². The van der Waals surface area contributed by atoms with Gasteiger partial charge in [-0.2, -0.15) is 0 Å². The summed E-state index contributed by atoms with van der Waals surface area (Å²) in [4.78, 5) is 12.9. The summed E-state index contributed by atoms with van der Waals surface area (Å²) in [5.74, 6) is 1.64. The van der Waals surface area contributed by atoms with Gasteiger partial charge in [0.25, 0.3) is 13.4 Å². The fourth-order valence-corrected chi connectivity index (χ4v) is 25.5. The second kappa shape index (κ2) is 24.6. The number of nitrogens with zero attached hydrogens (tertiary/aromatic N) is 5. The number of fused-ring (bicyclic) bond motifs is 23. The van der Waals surface area contributed by atoms with Gasteiger partial charge in [-0.15, -0.1) is 56.7 Å². The summed E-state index contributed by atoms with van der Waals surface area (Å²) in [5, 5.41) is 12.4. The predicted molar refractivity (Wildman–Crippen MR) is 500 cm³/mol. The first-order valence-corrected chi connectivity index (χ1v) is 43.2. The molecule has 22 aromatic rings. The van der Waals surface area contributed by atoms with E-state index in [1.807, 2.05) is 56.7 Å². The molecule has 0 bridgehead atoms. The lowest BCUT2D eigenvalue weighted by molar-refractivity contribution is 0.488. The highest BCUT2D eigenvalue weighted by Gasteiger charge is 2.49. The highest BCUT2D eigenvalue weighted by molar-refractivity contribution is 7.28. The van der Waals surface area contributed by atoms with Gasteiger partial charge in [0.05, 0.1) is 44.5 Å². The fraction of sp³-hybridized carbons (Fsp3) is 0. The molecule has 0 amide bonds. The number of benzene rings is 17. The third-order valence-corrected chi connectivity index (χ3v) is 30.2. The summed E-state index contributed by atoms with van der Waals surface area (Å²) in [6, 6.07) is 135. The molecule has 0 saturated carbocycles. The Morgan fingerprint density at radius 3 is 1.11 bits per heavy atom. The molecule has 0 N–H and O–H groups in total. The molecule has 4 aliphatic heterocycles. The molecule has 4 aliphatic rings. The molecule has 534 valence electrons. The van der Waals surface area contributed by atoms with Crippen molar-refractivity contribution in [1.82, 2.24) is 0 Å². The third kappa shape index (κ3) is 9.26. The maximum absolute atomic E-state index is 8.23. The van der Waals surface area contributed by atoms with Gasteiger partial charge < -0.3 is 29.2 Å².